The fourth-order valence-corrected chi connectivity index (χ4v) is 3.79. The van der Waals surface area contributed by atoms with Crippen LogP contribution in [0.15, 0.2) is 24.3 Å². The maximum absolute atomic E-state index is 12.4. The minimum atomic E-state index is -0.847. The summed E-state index contributed by atoms with van der Waals surface area (Å²) in [5.41, 5.74) is 7.21. The first-order valence-corrected chi connectivity index (χ1v) is 9.27. The molecule has 0 fully saturated rings. The normalized spacial score (nSPS) is 14.9. The Kier molecular flexibility index (Phi) is 6.01. The Bertz CT molecular complexity index is 710. The van der Waals surface area contributed by atoms with Crippen molar-refractivity contribution in [1.29, 1.82) is 0 Å². The third kappa shape index (κ3) is 4.35. The zero-order valence-corrected chi connectivity index (χ0v) is 16.1. The molecule has 2 atom stereocenters. The fraction of sp³-hybridized carbons (Fsp3) is 0.444. The molecule has 1 amide bonds. The van der Waals surface area contributed by atoms with Gasteiger partial charge in [-0.1, -0.05) is 37.1 Å². The van der Waals surface area contributed by atoms with Gasteiger partial charge < -0.3 is 11.1 Å². The van der Waals surface area contributed by atoms with Crippen LogP contribution in [0.25, 0.3) is 10.6 Å². The standard InChI is InChI=1S/C18H24ClN3OS/c1-5-10-18(4,20)17(23)22-12(3)15-11(2)21-16(24-15)13-6-8-14(19)9-7-13/h6-9,12H,5,10,20H2,1-4H3,(H,22,23). The Morgan fingerprint density at radius 1 is 1.42 bits per heavy atom. The van der Waals surface area contributed by atoms with E-state index < -0.39 is 5.54 Å². The molecule has 1 aromatic carbocycles. The quantitative estimate of drug-likeness (QED) is 0.793. The highest BCUT2D eigenvalue weighted by molar-refractivity contribution is 7.15. The molecule has 3 N–H and O–H groups in total. The number of benzene rings is 1. The smallest absolute Gasteiger partial charge is 0.240 e. The molecule has 4 nitrogen and oxygen atoms in total. The van der Waals surface area contributed by atoms with Crippen molar-refractivity contribution in [3.05, 3.63) is 39.9 Å². The average molecular weight is 366 g/mol. The molecule has 0 aliphatic heterocycles. The molecule has 130 valence electrons. The molecule has 1 heterocycles. The topological polar surface area (TPSA) is 68.0 Å². The lowest BCUT2D eigenvalue weighted by molar-refractivity contribution is -0.126. The van der Waals surface area contributed by atoms with Gasteiger partial charge >= 0.3 is 0 Å². The maximum atomic E-state index is 12.4. The number of halogens is 1. The number of carbonyl (C=O) groups is 1. The first-order chi connectivity index (χ1) is 11.2. The zero-order valence-electron chi connectivity index (χ0n) is 14.5. The maximum Gasteiger partial charge on any atom is 0.240 e. The van der Waals surface area contributed by atoms with Crippen molar-refractivity contribution >= 4 is 28.8 Å². The third-order valence-corrected chi connectivity index (χ3v) is 5.59. The minimum absolute atomic E-state index is 0.127. The van der Waals surface area contributed by atoms with E-state index >= 15 is 0 Å². The van der Waals surface area contributed by atoms with Crippen molar-refractivity contribution in [3.8, 4) is 10.6 Å². The van der Waals surface area contributed by atoms with Crippen LogP contribution < -0.4 is 11.1 Å². The van der Waals surface area contributed by atoms with Crippen molar-refractivity contribution in [3.63, 3.8) is 0 Å². The highest BCUT2D eigenvalue weighted by atomic mass is 35.5. The van der Waals surface area contributed by atoms with Crippen LogP contribution in [0.4, 0.5) is 0 Å². The van der Waals surface area contributed by atoms with Crippen LogP contribution in [0, 0.1) is 6.92 Å². The highest BCUT2D eigenvalue weighted by Crippen LogP contribution is 2.32. The number of rotatable bonds is 6. The molecule has 2 aromatic rings. The van der Waals surface area contributed by atoms with Gasteiger partial charge in [-0.25, -0.2) is 4.98 Å². The third-order valence-electron chi connectivity index (χ3n) is 3.95. The van der Waals surface area contributed by atoms with Crippen LogP contribution in [-0.2, 0) is 4.79 Å². The molecule has 2 rings (SSSR count). The van der Waals surface area contributed by atoms with Gasteiger partial charge in [0.1, 0.15) is 5.01 Å². The van der Waals surface area contributed by atoms with Crippen molar-refractivity contribution in [2.45, 2.75) is 52.1 Å². The zero-order chi connectivity index (χ0) is 17.9. The van der Waals surface area contributed by atoms with Crippen molar-refractivity contribution < 1.29 is 4.79 Å². The predicted molar refractivity (Wildman–Crippen MR) is 101 cm³/mol. The lowest BCUT2D eigenvalue weighted by atomic mass is 9.96. The molecule has 0 aliphatic carbocycles. The Hall–Kier alpha value is -1.43. The minimum Gasteiger partial charge on any atom is -0.347 e. The summed E-state index contributed by atoms with van der Waals surface area (Å²) in [5, 5.41) is 4.64. The molecule has 24 heavy (non-hydrogen) atoms. The Balaban J connectivity index is 2.17. The van der Waals surface area contributed by atoms with Gasteiger partial charge in [0.15, 0.2) is 0 Å². The number of hydrogen-bond acceptors (Lipinski definition) is 4. The van der Waals surface area contributed by atoms with Crippen LogP contribution in [0.1, 0.15) is 50.2 Å². The number of nitrogens with zero attached hydrogens (tertiary/aromatic N) is 1. The lowest BCUT2D eigenvalue weighted by Crippen LogP contribution is -2.51. The van der Waals surface area contributed by atoms with E-state index in [2.05, 4.69) is 10.3 Å². The average Bonchev–Trinajstić information content (AvgIpc) is 2.90. The Morgan fingerprint density at radius 3 is 2.62 bits per heavy atom. The number of hydrogen-bond donors (Lipinski definition) is 2. The van der Waals surface area contributed by atoms with Gasteiger partial charge in [-0.15, -0.1) is 11.3 Å². The second-order valence-corrected chi connectivity index (χ2v) is 7.81. The summed E-state index contributed by atoms with van der Waals surface area (Å²) in [6.45, 7) is 7.72. The van der Waals surface area contributed by atoms with E-state index in [1.165, 1.54) is 0 Å². The number of aromatic nitrogens is 1. The summed E-state index contributed by atoms with van der Waals surface area (Å²) in [5.74, 6) is -0.127. The Labute approximate surface area is 152 Å². The van der Waals surface area contributed by atoms with E-state index in [0.717, 1.165) is 27.6 Å². The van der Waals surface area contributed by atoms with Gasteiger partial charge in [0, 0.05) is 10.6 Å². The molecule has 2 unspecified atom stereocenters. The van der Waals surface area contributed by atoms with Gasteiger partial charge in [-0.2, -0.15) is 0 Å². The van der Waals surface area contributed by atoms with Gasteiger partial charge in [0.2, 0.25) is 5.91 Å². The van der Waals surface area contributed by atoms with Crippen LogP contribution >= 0.6 is 22.9 Å². The fourth-order valence-electron chi connectivity index (χ4n) is 2.59. The SMILES string of the molecule is CCCC(C)(N)C(=O)NC(C)c1sc(-c2ccc(Cl)cc2)nc1C. The summed E-state index contributed by atoms with van der Waals surface area (Å²) >= 11 is 7.52. The monoisotopic (exact) mass is 365 g/mol. The number of thiazole rings is 1. The molecule has 0 saturated carbocycles. The van der Waals surface area contributed by atoms with Crippen LogP contribution in [-0.4, -0.2) is 16.4 Å². The molecule has 0 saturated heterocycles. The van der Waals surface area contributed by atoms with Crippen molar-refractivity contribution in [2.75, 3.05) is 0 Å². The molecule has 6 heteroatoms. The summed E-state index contributed by atoms with van der Waals surface area (Å²) in [7, 11) is 0. The summed E-state index contributed by atoms with van der Waals surface area (Å²) in [6.07, 6.45) is 1.53. The molecule has 0 radical (unpaired) electrons. The van der Waals surface area contributed by atoms with Gasteiger partial charge in [0.05, 0.1) is 22.2 Å². The number of aryl methyl sites for hydroxylation is 1. The molecular formula is C18H24ClN3OS. The van der Waals surface area contributed by atoms with Crippen molar-refractivity contribution in [1.82, 2.24) is 10.3 Å². The summed E-state index contributed by atoms with van der Waals surface area (Å²) in [6, 6.07) is 7.47. The second kappa shape index (κ2) is 7.64. The second-order valence-electron chi connectivity index (χ2n) is 6.34. The highest BCUT2D eigenvalue weighted by Gasteiger charge is 2.29. The van der Waals surface area contributed by atoms with E-state index in [-0.39, 0.29) is 11.9 Å². The summed E-state index contributed by atoms with van der Waals surface area (Å²) in [4.78, 5) is 18.1. The molecular weight excluding hydrogens is 342 g/mol. The molecule has 0 bridgehead atoms. The number of carbonyl (C=O) groups excluding carboxylic acids is 1. The predicted octanol–water partition coefficient (Wildman–Crippen LogP) is 4.47. The van der Waals surface area contributed by atoms with E-state index in [9.17, 15) is 4.79 Å². The van der Waals surface area contributed by atoms with Gasteiger partial charge in [-0.05, 0) is 39.3 Å². The lowest BCUT2D eigenvalue weighted by Gasteiger charge is -2.25. The summed E-state index contributed by atoms with van der Waals surface area (Å²) < 4.78 is 0. The first-order valence-electron chi connectivity index (χ1n) is 8.07. The number of nitrogens with one attached hydrogen (secondary N) is 1. The molecule has 1 aromatic heterocycles. The largest absolute Gasteiger partial charge is 0.347 e. The Morgan fingerprint density at radius 2 is 2.04 bits per heavy atom. The van der Waals surface area contributed by atoms with E-state index in [4.69, 9.17) is 17.3 Å². The molecule has 0 aliphatic rings. The van der Waals surface area contributed by atoms with Crippen LogP contribution in [0.2, 0.25) is 5.02 Å². The molecule has 0 spiro atoms. The van der Waals surface area contributed by atoms with Crippen LogP contribution in [0.3, 0.4) is 0 Å². The van der Waals surface area contributed by atoms with Crippen LogP contribution in [0.5, 0.6) is 0 Å². The van der Waals surface area contributed by atoms with E-state index in [1.807, 2.05) is 45.0 Å². The number of nitrogens with two attached hydrogens (primary N) is 1. The van der Waals surface area contributed by atoms with Gasteiger partial charge in [-0.3, -0.25) is 4.79 Å². The van der Waals surface area contributed by atoms with Crippen molar-refractivity contribution in [2.24, 2.45) is 5.73 Å². The van der Waals surface area contributed by atoms with Gasteiger partial charge in [0.25, 0.3) is 0 Å². The first kappa shape index (κ1) is 18.9. The van der Waals surface area contributed by atoms with E-state index in [1.54, 1.807) is 18.3 Å². The van der Waals surface area contributed by atoms with E-state index in [0.29, 0.717) is 11.4 Å². The number of amides is 1.